The van der Waals surface area contributed by atoms with Crippen LogP contribution in [0.3, 0.4) is 0 Å². The lowest BCUT2D eigenvalue weighted by Crippen LogP contribution is -2.49. The maximum atomic E-state index is 12.4. The molecule has 28 heavy (non-hydrogen) atoms. The van der Waals surface area contributed by atoms with Gasteiger partial charge in [-0.05, 0) is 18.2 Å². The van der Waals surface area contributed by atoms with Crippen molar-refractivity contribution in [3.63, 3.8) is 0 Å². The van der Waals surface area contributed by atoms with Crippen LogP contribution in [0.2, 0.25) is 10.0 Å². The Morgan fingerprint density at radius 2 is 1.96 bits per heavy atom. The third-order valence-corrected chi connectivity index (χ3v) is 5.31. The molecule has 0 spiro atoms. The number of aromatic nitrogens is 4. The molecule has 3 aromatic rings. The summed E-state index contributed by atoms with van der Waals surface area (Å²) in [6, 6.07) is 5.00. The Morgan fingerprint density at radius 1 is 1.18 bits per heavy atom. The number of piperazine rings is 1. The van der Waals surface area contributed by atoms with Crippen LogP contribution in [0.1, 0.15) is 0 Å². The van der Waals surface area contributed by atoms with E-state index in [-0.39, 0.29) is 5.91 Å². The predicted molar refractivity (Wildman–Crippen MR) is 110 cm³/mol. The van der Waals surface area contributed by atoms with Gasteiger partial charge in [0.1, 0.15) is 12.1 Å². The molecule has 0 saturated carbocycles. The zero-order valence-corrected chi connectivity index (χ0v) is 16.8. The zero-order valence-electron chi connectivity index (χ0n) is 15.3. The van der Waals surface area contributed by atoms with Gasteiger partial charge in [0.15, 0.2) is 5.65 Å². The maximum Gasteiger partial charge on any atom is 0.238 e. The summed E-state index contributed by atoms with van der Waals surface area (Å²) >= 11 is 12.1. The lowest BCUT2D eigenvalue weighted by atomic mass is 10.2. The number of halogens is 2. The van der Waals surface area contributed by atoms with E-state index in [0.717, 1.165) is 43.0 Å². The van der Waals surface area contributed by atoms with E-state index < -0.39 is 0 Å². The second kappa shape index (κ2) is 7.90. The Kier molecular flexibility index (Phi) is 5.34. The van der Waals surface area contributed by atoms with Crippen molar-refractivity contribution in [2.24, 2.45) is 7.05 Å². The predicted octanol–water partition coefficient (Wildman–Crippen LogP) is 2.43. The van der Waals surface area contributed by atoms with Gasteiger partial charge >= 0.3 is 0 Å². The summed E-state index contributed by atoms with van der Waals surface area (Å²) in [6.07, 6.45) is 3.35. The molecular formula is C18H19Cl2N7O. The molecule has 0 atom stereocenters. The number of nitrogens with one attached hydrogen (secondary N) is 1. The number of fused-ring (bicyclic) bond motifs is 1. The van der Waals surface area contributed by atoms with E-state index in [0.29, 0.717) is 22.3 Å². The van der Waals surface area contributed by atoms with E-state index in [9.17, 15) is 4.79 Å². The number of nitrogens with zero attached hydrogens (tertiary/aromatic N) is 6. The molecule has 1 aliphatic heterocycles. The Morgan fingerprint density at radius 3 is 2.75 bits per heavy atom. The van der Waals surface area contributed by atoms with Crippen molar-refractivity contribution in [3.05, 3.63) is 40.8 Å². The van der Waals surface area contributed by atoms with Crippen LogP contribution in [0.5, 0.6) is 0 Å². The molecular weight excluding hydrogens is 401 g/mol. The molecule has 10 heteroatoms. The quantitative estimate of drug-likeness (QED) is 0.699. The van der Waals surface area contributed by atoms with E-state index >= 15 is 0 Å². The van der Waals surface area contributed by atoms with Crippen LogP contribution in [-0.4, -0.2) is 63.3 Å². The molecule has 1 N–H and O–H groups in total. The minimum absolute atomic E-state index is 0.116. The van der Waals surface area contributed by atoms with Crippen molar-refractivity contribution in [2.75, 3.05) is 42.9 Å². The molecule has 4 rings (SSSR count). The fourth-order valence-corrected chi connectivity index (χ4v) is 3.64. The summed E-state index contributed by atoms with van der Waals surface area (Å²) in [7, 11) is 1.86. The van der Waals surface area contributed by atoms with Gasteiger partial charge in [0.2, 0.25) is 5.91 Å². The van der Waals surface area contributed by atoms with Crippen LogP contribution in [0.25, 0.3) is 11.0 Å². The van der Waals surface area contributed by atoms with Gasteiger partial charge < -0.3 is 10.2 Å². The molecule has 1 saturated heterocycles. The number of hydrogen-bond acceptors (Lipinski definition) is 6. The van der Waals surface area contributed by atoms with E-state index in [1.807, 2.05) is 7.05 Å². The molecule has 1 aromatic carbocycles. The van der Waals surface area contributed by atoms with Crippen LogP contribution in [0.4, 0.5) is 11.5 Å². The molecule has 0 aliphatic carbocycles. The fourth-order valence-electron chi connectivity index (χ4n) is 3.31. The Hall–Kier alpha value is -2.42. The molecule has 0 radical (unpaired) electrons. The smallest absolute Gasteiger partial charge is 0.238 e. The molecule has 0 bridgehead atoms. The molecule has 146 valence electrons. The van der Waals surface area contributed by atoms with Gasteiger partial charge in [0, 0.05) is 38.2 Å². The molecule has 1 amide bonds. The average molecular weight is 420 g/mol. The van der Waals surface area contributed by atoms with Crippen LogP contribution < -0.4 is 10.2 Å². The zero-order chi connectivity index (χ0) is 19.7. The van der Waals surface area contributed by atoms with Crippen LogP contribution in [-0.2, 0) is 11.8 Å². The van der Waals surface area contributed by atoms with E-state index in [1.165, 1.54) is 0 Å². The molecule has 1 aliphatic rings. The highest BCUT2D eigenvalue weighted by Gasteiger charge is 2.22. The van der Waals surface area contributed by atoms with E-state index in [2.05, 4.69) is 30.2 Å². The normalized spacial score (nSPS) is 15.2. The van der Waals surface area contributed by atoms with Crippen LogP contribution in [0.15, 0.2) is 30.7 Å². The lowest BCUT2D eigenvalue weighted by molar-refractivity contribution is -0.117. The Labute approximate surface area is 172 Å². The first-order chi connectivity index (χ1) is 13.5. The molecule has 8 nitrogen and oxygen atoms in total. The Bertz CT molecular complexity index is 1010. The van der Waals surface area contributed by atoms with Crippen molar-refractivity contribution < 1.29 is 4.79 Å². The largest absolute Gasteiger partial charge is 0.353 e. The number of rotatable bonds is 4. The molecule has 3 heterocycles. The fraction of sp³-hybridized carbons (Fsp3) is 0.333. The first-order valence-electron chi connectivity index (χ1n) is 8.86. The van der Waals surface area contributed by atoms with Crippen molar-refractivity contribution in [1.29, 1.82) is 0 Å². The van der Waals surface area contributed by atoms with Crippen molar-refractivity contribution in [3.8, 4) is 0 Å². The number of carbonyl (C=O) groups is 1. The monoisotopic (exact) mass is 419 g/mol. The third-order valence-electron chi connectivity index (χ3n) is 4.75. The summed E-state index contributed by atoms with van der Waals surface area (Å²) in [6.45, 7) is 3.34. The number of amides is 1. The summed E-state index contributed by atoms with van der Waals surface area (Å²) in [5, 5.41) is 9.02. The standard InChI is InChI=1S/C18H19Cl2N7O/c1-25-17-13(9-23-25)18(22-11-21-17)27-6-4-26(5-7-27)10-16(28)24-15-8-12(19)2-3-14(15)20/h2-3,8-9,11H,4-7,10H2,1H3,(H,24,28). The summed E-state index contributed by atoms with van der Waals surface area (Å²) < 4.78 is 1.74. The topological polar surface area (TPSA) is 79.2 Å². The number of carbonyl (C=O) groups excluding carboxylic acids is 1. The van der Waals surface area contributed by atoms with Gasteiger partial charge in [-0.3, -0.25) is 14.4 Å². The van der Waals surface area contributed by atoms with Crippen LogP contribution in [0, 0.1) is 0 Å². The second-order valence-electron chi connectivity index (χ2n) is 6.64. The van der Waals surface area contributed by atoms with Crippen molar-refractivity contribution >= 4 is 51.6 Å². The highest BCUT2D eigenvalue weighted by molar-refractivity contribution is 6.35. The molecule has 2 aromatic heterocycles. The lowest BCUT2D eigenvalue weighted by Gasteiger charge is -2.35. The Balaban J connectivity index is 1.36. The number of aryl methyl sites for hydroxylation is 1. The highest BCUT2D eigenvalue weighted by atomic mass is 35.5. The van der Waals surface area contributed by atoms with Gasteiger partial charge in [-0.2, -0.15) is 5.10 Å². The minimum atomic E-state index is -0.116. The minimum Gasteiger partial charge on any atom is -0.353 e. The first-order valence-corrected chi connectivity index (χ1v) is 9.62. The highest BCUT2D eigenvalue weighted by Crippen LogP contribution is 2.26. The van der Waals surface area contributed by atoms with Crippen LogP contribution >= 0.6 is 23.2 Å². The SMILES string of the molecule is Cn1ncc2c(N3CCN(CC(=O)Nc4cc(Cl)ccc4Cl)CC3)ncnc21. The van der Waals surface area contributed by atoms with Crippen molar-refractivity contribution in [2.45, 2.75) is 0 Å². The first kappa shape index (κ1) is 18.9. The summed E-state index contributed by atoms with van der Waals surface area (Å²) in [5.74, 6) is 0.766. The number of benzene rings is 1. The van der Waals surface area contributed by atoms with E-state index in [4.69, 9.17) is 23.2 Å². The summed E-state index contributed by atoms with van der Waals surface area (Å²) in [4.78, 5) is 25.4. The second-order valence-corrected chi connectivity index (χ2v) is 7.48. The average Bonchev–Trinajstić information content (AvgIpc) is 3.07. The van der Waals surface area contributed by atoms with E-state index in [1.54, 1.807) is 35.4 Å². The van der Waals surface area contributed by atoms with Gasteiger partial charge in [-0.15, -0.1) is 0 Å². The molecule has 1 fully saturated rings. The maximum absolute atomic E-state index is 12.4. The summed E-state index contributed by atoms with van der Waals surface area (Å²) in [5.41, 5.74) is 1.34. The van der Waals surface area contributed by atoms with Gasteiger partial charge in [-0.25, -0.2) is 9.97 Å². The molecule has 0 unspecified atom stereocenters. The van der Waals surface area contributed by atoms with Gasteiger partial charge in [-0.1, -0.05) is 23.2 Å². The number of anilines is 2. The van der Waals surface area contributed by atoms with Gasteiger partial charge in [0.05, 0.1) is 28.8 Å². The number of hydrogen-bond donors (Lipinski definition) is 1. The third kappa shape index (κ3) is 3.89. The van der Waals surface area contributed by atoms with Gasteiger partial charge in [0.25, 0.3) is 0 Å². The van der Waals surface area contributed by atoms with Crippen molar-refractivity contribution in [1.82, 2.24) is 24.6 Å².